The van der Waals surface area contributed by atoms with Crippen LogP contribution in [0.25, 0.3) is 0 Å². The van der Waals surface area contributed by atoms with Crippen molar-refractivity contribution in [1.29, 1.82) is 5.26 Å². The van der Waals surface area contributed by atoms with Crippen LogP contribution in [-0.2, 0) is 7.05 Å². The number of carbonyl (C=O) groups is 1. The number of nitrogens with one attached hydrogen (secondary N) is 1. The molecule has 9 heteroatoms. The number of rotatable bonds is 5. The molecule has 3 aromatic rings. The number of hydrogen-bond donors (Lipinski definition) is 1. The molecule has 4 rings (SSSR count). The number of carbonyl (C=O) groups excluding carboxylic acids is 1. The molecule has 2 aromatic carbocycles. The minimum absolute atomic E-state index is 0.0907. The zero-order valence-corrected chi connectivity index (χ0v) is 20.9. The van der Waals surface area contributed by atoms with Gasteiger partial charge in [-0.05, 0) is 60.9 Å². The molecular weight excluding hydrogens is 487 g/mol. The van der Waals surface area contributed by atoms with Crippen LogP contribution in [0.5, 0.6) is 0 Å². The average molecular weight is 511 g/mol. The number of aromatic nitrogens is 1. The number of benzene rings is 2. The van der Waals surface area contributed by atoms with Crippen molar-refractivity contribution in [1.82, 2.24) is 9.47 Å². The summed E-state index contributed by atoms with van der Waals surface area (Å²) in [5.41, 5.74) is 2.18. The molecule has 0 unspecified atom stereocenters. The summed E-state index contributed by atoms with van der Waals surface area (Å²) < 4.78 is 14.6. The van der Waals surface area contributed by atoms with Gasteiger partial charge in [-0.15, -0.1) is 11.8 Å². The van der Waals surface area contributed by atoms with E-state index in [9.17, 15) is 19.2 Å². The van der Waals surface area contributed by atoms with Gasteiger partial charge in [-0.1, -0.05) is 23.7 Å². The number of anilines is 2. The molecular formula is C26H24ClFN4O2S. The summed E-state index contributed by atoms with van der Waals surface area (Å²) in [6.45, 7) is 1.06. The molecule has 0 atom stereocenters. The number of halogens is 2. The van der Waals surface area contributed by atoms with Gasteiger partial charge in [-0.25, -0.2) is 4.39 Å². The van der Waals surface area contributed by atoms with Crippen molar-refractivity contribution in [2.24, 2.45) is 7.05 Å². The Bertz CT molecular complexity index is 1360. The Labute approximate surface area is 212 Å². The SMILES string of the molecule is CSc1ccc(Nc2c(C(=O)N3CCC(c4ccc(F)cc4)CC3)cn(C)c(=O)c2Cl)cc1C#N. The molecule has 1 aliphatic heterocycles. The number of aryl methyl sites for hydroxylation is 1. The van der Waals surface area contributed by atoms with E-state index in [-0.39, 0.29) is 33.9 Å². The van der Waals surface area contributed by atoms with E-state index in [1.165, 1.54) is 34.7 Å². The van der Waals surface area contributed by atoms with Crippen LogP contribution >= 0.6 is 23.4 Å². The van der Waals surface area contributed by atoms with E-state index in [4.69, 9.17) is 11.6 Å². The van der Waals surface area contributed by atoms with Crippen LogP contribution in [0, 0.1) is 17.1 Å². The first-order chi connectivity index (χ1) is 16.8. The van der Waals surface area contributed by atoms with Gasteiger partial charge in [0, 0.05) is 36.9 Å². The molecule has 2 heterocycles. The second kappa shape index (κ2) is 10.5. The number of piperidine rings is 1. The molecule has 0 radical (unpaired) electrons. The second-order valence-corrected chi connectivity index (χ2v) is 9.64. The molecule has 6 nitrogen and oxygen atoms in total. The monoisotopic (exact) mass is 510 g/mol. The Balaban J connectivity index is 1.60. The van der Waals surface area contributed by atoms with E-state index in [1.807, 2.05) is 12.3 Å². The third-order valence-electron chi connectivity index (χ3n) is 6.26. The lowest BCUT2D eigenvalue weighted by Crippen LogP contribution is -2.39. The standard InChI is InChI=1S/C26H24ClFN4O2S/c1-31-15-21(25(33)32-11-9-17(10-12-32)16-3-5-19(28)6-4-16)24(23(27)26(31)34)30-20-7-8-22(35-2)18(13-20)14-29/h3-8,13,15,17,30H,9-12H2,1-2H3. The highest BCUT2D eigenvalue weighted by atomic mass is 35.5. The number of thioether (sulfide) groups is 1. The fourth-order valence-corrected chi connectivity index (χ4v) is 5.13. The second-order valence-electron chi connectivity index (χ2n) is 8.42. The normalized spacial score (nSPS) is 14.0. The highest BCUT2D eigenvalue weighted by Gasteiger charge is 2.28. The maximum atomic E-state index is 13.5. The molecule has 1 fully saturated rings. The fourth-order valence-electron chi connectivity index (χ4n) is 4.32. The summed E-state index contributed by atoms with van der Waals surface area (Å²) in [4.78, 5) is 28.7. The molecule has 1 amide bonds. The Hall–Kier alpha value is -3.28. The Morgan fingerprint density at radius 2 is 1.89 bits per heavy atom. The molecule has 0 saturated carbocycles. The van der Waals surface area contributed by atoms with Gasteiger partial charge < -0.3 is 14.8 Å². The minimum Gasteiger partial charge on any atom is -0.353 e. The van der Waals surface area contributed by atoms with Crippen LogP contribution in [0.4, 0.5) is 15.8 Å². The average Bonchev–Trinajstić information content (AvgIpc) is 2.89. The Morgan fingerprint density at radius 3 is 2.51 bits per heavy atom. The molecule has 0 bridgehead atoms. The summed E-state index contributed by atoms with van der Waals surface area (Å²) in [6.07, 6.45) is 4.88. The topological polar surface area (TPSA) is 78.1 Å². The van der Waals surface area contributed by atoms with E-state index in [0.29, 0.717) is 24.3 Å². The third kappa shape index (κ3) is 5.21. The van der Waals surface area contributed by atoms with Crippen LogP contribution in [0.2, 0.25) is 5.02 Å². The van der Waals surface area contributed by atoms with Crippen LogP contribution in [0.3, 0.4) is 0 Å². The summed E-state index contributed by atoms with van der Waals surface area (Å²) in [5.74, 6) is -0.248. The van der Waals surface area contributed by atoms with Crippen molar-refractivity contribution < 1.29 is 9.18 Å². The summed E-state index contributed by atoms with van der Waals surface area (Å²) in [5, 5.41) is 12.5. The lowest BCUT2D eigenvalue weighted by Gasteiger charge is -2.33. The van der Waals surface area contributed by atoms with Crippen molar-refractivity contribution in [3.8, 4) is 6.07 Å². The van der Waals surface area contributed by atoms with Crippen molar-refractivity contribution in [3.63, 3.8) is 0 Å². The number of hydrogen-bond acceptors (Lipinski definition) is 5. The van der Waals surface area contributed by atoms with Gasteiger partial charge in [-0.3, -0.25) is 9.59 Å². The van der Waals surface area contributed by atoms with Gasteiger partial charge in [0.1, 0.15) is 16.9 Å². The van der Waals surface area contributed by atoms with Crippen LogP contribution in [0.1, 0.15) is 40.2 Å². The first kappa shape index (κ1) is 24.8. The summed E-state index contributed by atoms with van der Waals surface area (Å²) in [7, 11) is 1.55. The number of amides is 1. The highest BCUT2D eigenvalue weighted by molar-refractivity contribution is 7.98. The molecule has 1 N–H and O–H groups in total. The smallest absolute Gasteiger partial charge is 0.271 e. The largest absolute Gasteiger partial charge is 0.353 e. The molecule has 35 heavy (non-hydrogen) atoms. The number of nitriles is 1. The predicted octanol–water partition coefficient (Wildman–Crippen LogP) is 5.53. The lowest BCUT2D eigenvalue weighted by atomic mass is 9.89. The van der Waals surface area contributed by atoms with Crippen molar-refractivity contribution in [3.05, 3.63) is 86.5 Å². The first-order valence-electron chi connectivity index (χ1n) is 11.1. The van der Waals surface area contributed by atoms with Crippen molar-refractivity contribution in [2.75, 3.05) is 24.7 Å². The van der Waals surface area contributed by atoms with Gasteiger partial charge in [0.2, 0.25) is 0 Å². The van der Waals surface area contributed by atoms with Crippen LogP contribution < -0.4 is 10.9 Å². The van der Waals surface area contributed by atoms with Gasteiger partial charge in [-0.2, -0.15) is 5.26 Å². The van der Waals surface area contributed by atoms with Gasteiger partial charge in [0.05, 0.1) is 16.8 Å². The van der Waals surface area contributed by atoms with Gasteiger partial charge in [0.25, 0.3) is 11.5 Å². The van der Waals surface area contributed by atoms with Crippen LogP contribution in [0.15, 0.2) is 58.4 Å². The quantitative estimate of drug-likeness (QED) is 0.456. The zero-order valence-electron chi connectivity index (χ0n) is 19.3. The molecule has 0 spiro atoms. The first-order valence-corrected chi connectivity index (χ1v) is 12.7. The van der Waals surface area contributed by atoms with E-state index in [0.717, 1.165) is 23.3 Å². The summed E-state index contributed by atoms with van der Waals surface area (Å²) in [6, 6.07) is 13.9. The highest BCUT2D eigenvalue weighted by Crippen LogP contribution is 2.33. The molecule has 0 aliphatic carbocycles. The fraction of sp³-hybridized carbons (Fsp3) is 0.269. The summed E-state index contributed by atoms with van der Waals surface area (Å²) >= 11 is 7.88. The molecule has 1 aromatic heterocycles. The van der Waals surface area contributed by atoms with Gasteiger partial charge in [0.15, 0.2) is 0 Å². The Kier molecular flexibility index (Phi) is 7.48. The molecule has 1 aliphatic rings. The molecule has 1 saturated heterocycles. The maximum absolute atomic E-state index is 13.5. The molecule has 180 valence electrons. The maximum Gasteiger partial charge on any atom is 0.271 e. The minimum atomic E-state index is -0.429. The van der Waals surface area contributed by atoms with Gasteiger partial charge >= 0.3 is 0 Å². The van der Waals surface area contributed by atoms with E-state index in [1.54, 1.807) is 36.2 Å². The number of nitrogens with zero attached hydrogens (tertiary/aromatic N) is 3. The van der Waals surface area contributed by atoms with E-state index < -0.39 is 5.56 Å². The predicted molar refractivity (Wildman–Crippen MR) is 137 cm³/mol. The van der Waals surface area contributed by atoms with E-state index >= 15 is 0 Å². The van der Waals surface area contributed by atoms with Crippen LogP contribution in [-0.4, -0.2) is 34.7 Å². The number of likely N-dealkylation sites (tertiary alicyclic amines) is 1. The zero-order chi connectivity index (χ0) is 25.1. The lowest BCUT2D eigenvalue weighted by molar-refractivity contribution is 0.0713. The Morgan fingerprint density at radius 1 is 1.20 bits per heavy atom. The third-order valence-corrected chi connectivity index (χ3v) is 7.41. The number of pyridine rings is 1. The van der Waals surface area contributed by atoms with Crippen molar-refractivity contribution >= 4 is 40.6 Å². The van der Waals surface area contributed by atoms with Crippen molar-refractivity contribution in [2.45, 2.75) is 23.7 Å². The van der Waals surface area contributed by atoms with E-state index in [2.05, 4.69) is 11.4 Å².